The first-order valence-electron chi connectivity index (χ1n) is 8.67. The van der Waals surface area contributed by atoms with Crippen molar-refractivity contribution in [1.29, 1.82) is 0 Å². The molecule has 0 spiro atoms. The lowest BCUT2D eigenvalue weighted by molar-refractivity contribution is -0.494. The molecule has 0 heterocycles. The van der Waals surface area contributed by atoms with Crippen LogP contribution in [-0.2, 0) is 0 Å². The molecule has 0 amide bonds. The fraction of sp³-hybridized carbons (Fsp3) is 1.00. The average Bonchev–Trinajstić information content (AvgIpc) is 2.58. The van der Waals surface area contributed by atoms with Crippen LogP contribution in [0.3, 0.4) is 0 Å². The van der Waals surface area contributed by atoms with Crippen molar-refractivity contribution in [3.8, 4) is 0 Å². The number of hydrogen-bond donors (Lipinski definition) is 0. The molecule has 0 aromatic heterocycles. The molecule has 3 saturated carbocycles. The molecule has 27 heavy (non-hydrogen) atoms. The molecule has 158 valence electrons. The fourth-order valence-electron chi connectivity index (χ4n) is 5.14. The third kappa shape index (κ3) is 2.12. The molecule has 3 atom stereocenters. The topological polar surface area (TPSA) is 0 Å². The fourth-order valence-corrected chi connectivity index (χ4v) is 5.14. The molecule has 11 heteroatoms. The van der Waals surface area contributed by atoms with Crippen LogP contribution >= 0.6 is 0 Å². The highest BCUT2D eigenvalue weighted by molar-refractivity contribution is 5.28. The summed E-state index contributed by atoms with van der Waals surface area (Å²) < 4.78 is 154. The molecule has 3 unspecified atom stereocenters. The van der Waals surface area contributed by atoms with Gasteiger partial charge >= 0.3 is 29.6 Å². The van der Waals surface area contributed by atoms with Gasteiger partial charge in [-0.05, 0) is 24.7 Å². The van der Waals surface area contributed by atoms with E-state index in [1.165, 1.54) is 0 Å². The first kappa shape index (κ1) is 21.0. The van der Waals surface area contributed by atoms with E-state index in [-0.39, 0.29) is 12.8 Å². The van der Waals surface area contributed by atoms with Gasteiger partial charge in [0.15, 0.2) is 0 Å². The third-order valence-electron chi connectivity index (χ3n) is 6.58. The maximum Gasteiger partial charge on any atom is 0.384 e. The van der Waals surface area contributed by atoms with E-state index < -0.39 is 59.5 Å². The molecule has 3 rings (SSSR count). The van der Waals surface area contributed by atoms with Crippen LogP contribution in [0.15, 0.2) is 0 Å². The van der Waals surface area contributed by atoms with Gasteiger partial charge in [-0.1, -0.05) is 32.1 Å². The van der Waals surface area contributed by atoms with Crippen LogP contribution in [0.5, 0.6) is 0 Å². The third-order valence-corrected chi connectivity index (χ3v) is 6.58. The van der Waals surface area contributed by atoms with Crippen LogP contribution in [0.4, 0.5) is 48.3 Å². The van der Waals surface area contributed by atoms with E-state index in [0.717, 1.165) is 0 Å². The van der Waals surface area contributed by atoms with Crippen molar-refractivity contribution in [3.05, 3.63) is 0 Å². The smallest absolute Gasteiger partial charge is 0.230 e. The summed E-state index contributed by atoms with van der Waals surface area (Å²) >= 11 is 0. The van der Waals surface area contributed by atoms with Gasteiger partial charge in [0.25, 0.3) is 5.67 Å². The van der Waals surface area contributed by atoms with Gasteiger partial charge in [0.1, 0.15) is 0 Å². The Morgan fingerprint density at radius 1 is 0.444 bits per heavy atom. The Labute approximate surface area is 147 Å². The number of alkyl halides is 11. The SMILES string of the molecule is FC1(F)C(F)(F)C(F)(F)C(F)(C2CCCC3CCCCC32)C(F)(F)C1(F)F. The first-order valence-corrected chi connectivity index (χ1v) is 8.67. The van der Waals surface area contributed by atoms with E-state index in [4.69, 9.17) is 0 Å². The zero-order valence-corrected chi connectivity index (χ0v) is 13.8. The predicted molar refractivity (Wildman–Crippen MR) is 71.4 cm³/mol. The standard InChI is InChI=1S/C16H17F11/c17-11(10-7-3-5-8-4-1-2-6-9(8)10)12(18,19)14(22,23)16(26,27)15(24,25)13(11,20)21/h8-10H,1-7H2. The van der Waals surface area contributed by atoms with E-state index in [0.29, 0.717) is 25.7 Å². The van der Waals surface area contributed by atoms with Crippen LogP contribution in [0, 0.1) is 17.8 Å². The molecule has 0 aromatic rings. The van der Waals surface area contributed by atoms with Gasteiger partial charge in [-0.25, -0.2) is 4.39 Å². The van der Waals surface area contributed by atoms with E-state index in [2.05, 4.69) is 0 Å². The summed E-state index contributed by atoms with van der Waals surface area (Å²) in [5.74, 6) is -38.9. The minimum atomic E-state index is -7.12. The second-order valence-electron chi connectivity index (χ2n) is 7.83. The summed E-state index contributed by atoms with van der Waals surface area (Å²) in [6.45, 7) is 0. The molecule has 0 radical (unpaired) electrons. The van der Waals surface area contributed by atoms with Crippen molar-refractivity contribution < 1.29 is 48.3 Å². The highest BCUT2D eigenvalue weighted by atomic mass is 19.4. The van der Waals surface area contributed by atoms with Crippen molar-refractivity contribution >= 4 is 0 Å². The zero-order valence-electron chi connectivity index (χ0n) is 13.8. The van der Waals surface area contributed by atoms with Gasteiger partial charge in [-0.3, -0.25) is 0 Å². The lowest BCUT2D eigenvalue weighted by Gasteiger charge is -2.57. The molecule has 0 nitrogen and oxygen atoms in total. The van der Waals surface area contributed by atoms with Crippen molar-refractivity contribution in [3.63, 3.8) is 0 Å². The van der Waals surface area contributed by atoms with Gasteiger partial charge in [0.05, 0.1) is 0 Å². The normalized spacial score (nSPS) is 40.8. The maximum atomic E-state index is 15.3. The summed E-state index contributed by atoms with van der Waals surface area (Å²) in [4.78, 5) is 0. The predicted octanol–water partition coefficient (Wildman–Crippen LogP) is 6.49. The van der Waals surface area contributed by atoms with Crippen LogP contribution in [-0.4, -0.2) is 35.3 Å². The number of hydrogen-bond acceptors (Lipinski definition) is 0. The molecular weight excluding hydrogens is 401 g/mol. The molecule has 0 N–H and O–H groups in total. The van der Waals surface area contributed by atoms with Gasteiger partial charge in [0, 0.05) is 5.92 Å². The Kier molecular flexibility index (Phi) is 4.38. The summed E-state index contributed by atoms with van der Waals surface area (Å²) in [6.07, 6.45) is 0.561. The molecule has 0 bridgehead atoms. The minimum absolute atomic E-state index is 0.0826. The maximum absolute atomic E-state index is 15.3. The van der Waals surface area contributed by atoms with Gasteiger partial charge in [0.2, 0.25) is 0 Å². The van der Waals surface area contributed by atoms with E-state index in [1.54, 1.807) is 0 Å². The summed E-state index contributed by atoms with van der Waals surface area (Å²) in [7, 11) is 0. The van der Waals surface area contributed by atoms with Crippen molar-refractivity contribution in [2.75, 3.05) is 0 Å². The Morgan fingerprint density at radius 2 is 0.852 bits per heavy atom. The molecule has 0 aliphatic heterocycles. The van der Waals surface area contributed by atoms with Gasteiger partial charge in [-0.2, -0.15) is 43.9 Å². The molecule has 3 aliphatic carbocycles. The summed E-state index contributed by atoms with van der Waals surface area (Å²) in [5, 5.41) is 0. The average molecular weight is 418 g/mol. The number of halogens is 11. The molecule has 3 aliphatic rings. The lowest BCUT2D eigenvalue weighted by Crippen LogP contribution is -2.85. The van der Waals surface area contributed by atoms with Crippen LogP contribution < -0.4 is 0 Å². The van der Waals surface area contributed by atoms with Crippen molar-refractivity contribution in [1.82, 2.24) is 0 Å². The summed E-state index contributed by atoms with van der Waals surface area (Å²) in [5.41, 5.74) is -5.80. The molecule has 3 fully saturated rings. The monoisotopic (exact) mass is 418 g/mol. The Bertz CT molecular complexity index is 565. The minimum Gasteiger partial charge on any atom is -0.230 e. The Balaban J connectivity index is 2.21. The Morgan fingerprint density at radius 3 is 1.37 bits per heavy atom. The van der Waals surface area contributed by atoms with Crippen molar-refractivity contribution in [2.24, 2.45) is 17.8 Å². The van der Waals surface area contributed by atoms with E-state index in [1.807, 2.05) is 0 Å². The van der Waals surface area contributed by atoms with Gasteiger partial charge < -0.3 is 0 Å². The quantitative estimate of drug-likeness (QED) is 0.427. The molecule has 0 aromatic carbocycles. The van der Waals surface area contributed by atoms with Crippen LogP contribution in [0.1, 0.15) is 44.9 Å². The summed E-state index contributed by atoms with van der Waals surface area (Å²) in [6, 6.07) is 0. The number of rotatable bonds is 1. The number of fused-ring (bicyclic) bond motifs is 1. The highest BCUT2D eigenvalue weighted by Gasteiger charge is 3.01. The second-order valence-corrected chi connectivity index (χ2v) is 7.83. The molecular formula is C16H17F11. The lowest BCUT2D eigenvalue weighted by atomic mass is 9.55. The first-order chi connectivity index (χ1) is 12.1. The van der Waals surface area contributed by atoms with E-state index >= 15 is 4.39 Å². The zero-order chi connectivity index (χ0) is 20.7. The highest BCUT2D eigenvalue weighted by Crippen LogP contribution is 2.72. The van der Waals surface area contributed by atoms with Crippen LogP contribution in [0.2, 0.25) is 0 Å². The second kappa shape index (κ2) is 5.64. The van der Waals surface area contributed by atoms with Crippen molar-refractivity contribution in [2.45, 2.75) is 80.2 Å². The molecule has 0 saturated heterocycles. The van der Waals surface area contributed by atoms with E-state index in [9.17, 15) is 43.9 Å². The van der Waals surface area contributed by atoms with Gasteiger partial charge in [-0.15, -0.1) is 0 Å². The van der Waals surface area contributed by atoms with Crippen LogP contribution in [0.25, 0.3) is 0 Å². The largest absolute Gasteiger partial charge is 0.384 e. The Hall–Kier alpha value is -0.770.